The molecule has 0 fully saturated rings. The molecule has 3 rings (SSSR count). The van der Waals surface area contributed by atoms with Crippen molar-refractivity contribution in [2.75, 3.05) is 19.8 Å². The van der Waals surface area contributed by atoms with Gasteiger partial charge in [-0.25, -0.2) is 0 Å². The lowest BCUT2D eigenvalue weighted by molar-refractivity contribution is 0.0915. The third-order valence-corrected chi connectivity index (χ3v) is 3.81. The number of halogens is 1. The van der Waals surface area contributed by atoms with Crippen LogP contribution in [0.25, 0.3) is 0 Å². The van der Waals surface area contributed by atoms with Crippen LogP contribution in [0.5, 0.6) is 11.5 Å². The van der Waals surface area contributed by atoms with E-state index in [0.717, 1.165) is 4.47 Å². The number of aliphatic hydroxyl groups excluding tert-OH is 1. The molecule has 1 aromatic carbocycles. The summed E-state index contributed by atoms with van der Waals surface area (Å²) in [4.78, 5) is 16.0. The number of rotatable bonds is 4. The highest BCUT2D eigenvalue weighted by Crippen LogP contribution is 2.32. The van der Waals surface area contributed by atoms with Crippen molar-refractivity contribution in [1.29, 1.82) is 0 Å². The molecular weight excluding hydrogens is 364 g/mol. The number of pyridine rings is 1. The lowest BCUT2D eigenvalue weighted by Gasteiger charge is -2.20. The van der Waals surface area contributed by atoms with E-state index in [2.05, 4.69) is 26.2 Å². The largest absolute Gasteiger partial charge is 0.486 e. The fourth-order valence-corrected chi connectivity index (χ4v) is 2.58. The highest BCUT2D eigenvalue weighted by molar-refractivity contribution is 9.10. The number of nitrogens with zero attached hydrogens (tertiary/aromatic N) is 1. The maximum absolute atomic E-state index is 12.0. The van der Waals surface area contributed by atoms with Gasteiger partial charge in [0.15, 0.2) is 11.5 Å². The summed E-state index contributed by atoms with van der Waals surface area (Å²) in [6.07, 6.45) is 2.23. The highest BCUT2D eigenvalue weighted by Gasteiger charge is 2.16. The van der Waals surface area contributed by atoms with Crippen molar-refractivity contribution in [2.24, 2.45) is 0 Å². The van der Waals surface area contributed by atoms with Crippen LogP contribution in [-0.4, -0.2) is 35.8 Å². The molecule has 0 bridgehead atoms. The molecule has 0 spiro atoms. The predicted molar refractivity (Wildman–Crippen MR) is 86.7 cm³/mol. The lowest BCUT2D eigenvalue weighted by atomic mass is 10.1. The molecule has 1 aliphatic rings. The van der Waals surface area contributed by atoms with Gasteiger partial charge in [-0.05, 0) is 39.7 Å². The molecule has 1 atom stereocenters. The van der Waals surface area contributed by atoms with Gasteiger partial charge >= 0.3 is 0 Å². The zero-order chi connectivity index (χ0) is 16.2. The number of carbonyl (C=O) groups is 1. The molecule has 0 unspecified atom stereocenters. The van der Waals surface area contributed by atoms with Gasteiger partial charge in [0.05, 0.1) is 11.7 Å². The Bertz CT molecular complexity index is 723. The number of hydrogen-bond donors (Lipinski definition) is 2. The second kappa shape index (κ2) is 6.97. The number of carbonyl (C=O) groups excluding carboxylic acids is 1. The third-order valence-electron chi connectivity index (χ3n) is 3.37. The highest BCUT2D eigenvalue weighted by atomic mass is 79.9. The zero-order valence-corrected chi connectivity index (χ0v) is 13.7. The molecule has 120 valence electrons. The number of aliphatic hydroxyl groups is 1. The second-order valence-electron chi connectivity index (χ2n) is 5.02. The van der Waals surface area contributed by atoms with Crippen LogP contribution in [0, 0.1) is 0 Å². The number of ether oxygens (including phenoxy) is 2. The number of nitrogens with one attached hydrogen (secondary N) is 1. The summed E-state index contributed by atoms with van der Waals surface area (Å²) in [6.45, 7) is 1.09. The maximum Gasteiger partial charge on any atom is 0.252 e. The van der Waals surface area contributed by atoms with Gasteiger partial charge in [-0.15, -0.1) is 0 Å². The molecule has 0 radical (unpaired) electrons. The van der Waals surface area contributed by atoms with Gasteiger partial charge in [-0.3, -0.25) is 9.78 Å². The van der Waals surface area contributed by atoms with E-state index in [1.165, 1.54) is 6.20 Å². The Morgan fingerprint density at radius 1 is 1.26 bits per heavy atom. The Hall–Kier alpha value is -2.12. The number of benzene rings is 1. The van der Waals surface area contributed by atoms with Crippen molar-refractivity contribution in [3.8, 4) is 11.5 Å². The monoisotopic (exact) mass is 378 g/mol. The SMILES string of the molecule is O=C(NC[C@H](O)c1ccc2c(c1)OCCO2)c1cncc(Br)c1. The summed E-state index contributed by atoms with van der Waals surface area (Å²) >= 11 is 3.26. The van der Waals surface area contributed by atoms with Crippen molar-refractivity contribution < 1.29 is 19.4 Å². The molecule has 1 aromatic heterocycles. The molecule has 2 N–H and O–H groups in total. The maximum atomic E-state index is 12.0. The standard InChI is InChI=1S/C16H15BrN2O4/c17-12-5-11(7-18-8-12)16(21)19-9-13(20)10-1-2-14-15(6-10)23-4-3-22-14/h1-2,5-8,13,20H,3-4,9H2,(H,19,21)/t13-/m0/s1. The summed E-state index contributed by atoms with van der Waals surface area (Å²) in [5.74, 6) is 0.974. The van der Waals surface area contributed by atoms with Crippen LogP contribution < -0.4 is 14.8 Å². The average molecular weight is 379 g/mol. The summed E-state index contributed by atoms with van der Waals surface area (Å²) in [5, 5.41) is 12.9. The molecule has 6 nitrogen and oxygen atoms in total. The molecule has 2 aromatic rings. The first-order valence-electron chi connectivity index (χ1n) is 7.10. The van der Waals surface area contributed by atoms with Crippen molar-refractivity contribution >= 4 is 21.8 Å². The van der Waals surface area contributed by atoms with Crippen LogP contribution in [0.3, 0.4) is 0 Å². The topological polar surface area (TPSA) is 80.7 Å². The first-order chi connectivity index (χ1) is 11.1. The smallest absolute Gasteiger partial charge is 0.252 e. The molecule has 1 amide bonds. The quantitative estimate of drug-likeness (QED) is 0.850. The van der Waals surface area contributed by atoms with Crippen LogP contribution in [0.15, 0.2) is 41.1 Å². The number of aromatic nitrogens is 1. The minimum atomic E-state index is -0.838. The Kier molecular flexibility index (Phi) is 4.78. The van der Waals surface area contributed by atoms with E-state index in [1.54, 1.807) is 30.5 Å². The van der Waals surface area contributed by atoms with Gasteiger partial charge in [0.25, 0.3) is 5.91 Å². The number of fused-ring (bicyclic) bond motifs is 1. The molecule has 0 saturated carbocycles. The minimum Gasteiger partial charge on any atom is -0.486 e. The Balaban J connectivity index is 1.63. The van der Waals surface area contributed by atoms with E-state index < -0.39 is 6.10 Å². The molecule has 23 heavy (non-hydrogen) atoms. The molecule has 7 heteroatoms. The van der Waals surface area contributed by atoms with E-state index >= 15 is 0 Å². The Morgan fingerprint density at radius 2 is 2.04 bits per heavy atom. The van der Waals surface area contributed by atoms with E-state index in [4.69, 9.17) is 9.47 Å². The fourth-order valence-electron chi connectivity index (χ4n) is 2.21. The van der Waals surface area contributed by atoms with Gasteiger partial charge in [-0.2, -0.15) is 0 Å². The van der Waals surface area contributed by atoms with Gasteiger partial charge in [0, 0.05) is 23.4 Å². The van der Waals surface area contributed by atoms with Crippen LogP contribution in [0.1, 0.15) is 22.0 Å². The zero-order valence-electron chi connectivity index (χ0n) is 12.2. The minimum absolute atomic E-state index is 0.0883. The van der Waals surface area contributed by atoms with Gasteiger partial charge < -0.3 is 19.9 Å². The van der Waals surface area contributed by atoms with Crippen LogP contribution in [0.2, 0.25) is 0 Å². The summed E-state index contributed by atoms with van der Waals surface area (Å²) in [6, 6.07) is 6.91. The van der Waals surface area contributed by atoms with Crippen molar-refractivity contribution in [3.05, 3.63) is 52.3 Å². The van der Waals surface area contributed by atoms with Crippen LogP contribution in [0.4, 0.5) is 0 Å². The lowest BCUT2D eigenvalue weighted by Crippen LogP contribution is -2.28. The van der Waals surface area contributed by atoms with Gasteiger partial charge in [-0.1, -0.05) is 6.07 Å². The molecule has 0 aliphatic carbocycles. The first-order valence-corrected chi connectivity index (χ1v) is 7.89. The van der Waals surface area contributed by atoms with E-state index in [-0.39, 0.29) is 12.5 Å². The number of amides is 1. The molecule has 1 aliphatic heterocycles. The average Bonchev–Trinajstić information content (AvgIpc) is 2.59. The van der Waals surface area contributed by atoms with Crippen LogP contribution in [-0.2, 0) is 0 Å². The summed E-state index contributed by atoms with van der Waals surface area (Å²) in [7, 11) is 0. The van der Waals surface area contributed by atoms with E-state index in [0.29, 0.717) is 35.8 Å². The Morgan fingerprint density at radius 3 is 2.83 bits per heavy atom. The predicted octanol–water partition coefficient (Wildman–Crippen LogP) is 2.08. The summed E-state index contributed by atoms with van der Waals surface area (Å²) < 4.78 is 11.6. The fraction of sp³-hybridized carbons (Fsp3) is 0.250. The summed E-state index contributed by atoms with van der Waals surface area (Å²) in [5.41, 5.74) is 1.08. The third kappa shape index (κ3) is 3.80. The van der Waals surface area contributed by atoms with Crippen molar-refractivity contribution in [2.45, 2.75) is 6.10 Å². The second-order valence-corrected chi connectivity index (χ2v) is 5.94. The van der Waals surface area contributed by atoms with Crippen molar-refractivity contribution in [1.82, 2.24) is 10.3 Å². The van der Waals surface area contributed by atoms with E-state index in [1.807, 2.05) is 0 Å². The van der Waals surface area contributed by atoms with Gasteiger partial charge in [0.2, 0.25) is 0 Å². The Labute approximate surface area is 141 Å². The van der Waals surface area contributed by atoms with Crippen molar-refractivity contribution in [3.63, 3.8) is 0 Å². The number of hydrogen-bond acceptors (Lipinski definition) is 5. The van der Waals surface area contributed by atoms with Crippen LogP contribution >= 0.6 is 15.9 Å². The molecule has 2 heterocycles. The van der Waals surface area contributed by atoms with E-state index in [9.17, 15) is 9.90 Å². The molecular formula is C16H15BrN2O4. The normalized spacial score (nSPS) is 14.2. The van der Waals surface area contributed by atoms with Gasteiger partial charge in [0.1, 0.15) is 13.2 Å². The first kappa shape index (κ1) is 15.8. The molecule has 0 saturated heterocycles.